The highest BCUT2D eigenvalue weighted by Crippen LogP contribution is 2.26. The Hall–Kier alpha value is -1.56. The van der Waals surface area contributed by atoms with Crippen LogP contribution in [-0.4, -0.2) is 6.04 Å². The largest absolute Gasteiger partial charge is 0.382 e. The minimum atomic E-state index is -0.443. The second kappa shape index (κ2) is 5.18. The van der Waals surface area contributed by atoms with Crippen LogP contribution in [0, 0.1) is 23.1 Å². The number of rotatable bonds is 2. The van der Waals surface area contributed by atoms with Gasteiger partial charge in [0.15, 0.2) is 0 Å². The van der Waals surface area contributed by atoms with Gasteiger partial charge in [-0.1, -0.05) is 19.8 Å². The molecule has 0 heterocycles. The zero-order valence-corrected chi connectivity index (χ0v) is 10.0. The topological polar surface area (TPSA) is 35.8 Å². The molecule has 1 aliphatic carbocycles. The highest BCUT2D eigenvalue weighted by Gasteiger charge is 2.18. The molecule has 1 aromatic carbocycles. The Morgan fingerprint density at radius 1 is 1.41 bits per heavy atom. The highest BCUT2D eigenvalue weighted by molar-refractivity contribution is 5.48. The zero-order chi connectivity index (χ0) is 12.3. The molecule has 17 heavy (non-hydrogen) atoms. The summed E-state index contributed by atoms with van der Waals surface area (Å²) in [7, 11) is 0. The maximum absolute atomic E-state index is 13.4. The van der Waals surface area contributed by atoms with Crippen molar-refractivity contribution in [2.24, 2.45) is 5.92 Å². The lowest BCUT2D eigenvalue weighted by atomic mass is 9.87. The number of hydrogen-bond acceptors (Lipinski definition) is 2. The lowest BCUT2D eigenvalue weighted by molar-refractivity contribution is 0.358. The number of nitrogens with one attached hydrogen (secondary N) is 1. The third-order valence-corrected chi connectivity index (χ3v) is 3.40. The number of nitrogens with zero attached hydrogens (tertiary/aromatic N) is 1. The van der Waals surface area contributed by atoms with E-state index in [1.807, 2.05) is 6.07 Å². The first-order valence-electron chi connectivity index (χ1n) is 6.15. The first-order valence-corrected chi connectivity index (χ1v) is 6.15. The smallest absolute Gasteiger partial charge is 0.143 e. The molecular formula is C14H17FN2. The van der Waals surface area contributed by atoms with Crippen LogP contribution in [0.25, 0.3) is 0 Å². The number of benzene rings is 1. The predicted molar refractivity (Wildman–Crippen MR) is 66.2 cm³/mol. The summed E-state index contributed by atoms with van der Waals surface area (Å²) in [6.45, 7) is 2.26. The summed E-state index contributed by atoms with van der Waals surface area (Å²) in [5.74, 6) is 0.297. The number of anilines is 1. The molecule has 2 unspecified atom stereocenters. The Balaban J connectivity index is 2.04. The van der Waals surface area contributed by atoms with Crippen LogP contribution in [0.15, 0.2) is 18.2 Å². The molecule has 0 aliphatic heterocycles. The second-order valence-corrected chi connectivity index (χ2v) is 4.92. The van der Waals surface area contributed by atoms with E-state index in [-0.39, 0.29) is 5.56 Å². The number of halogens is 1. The van der Waals surface area contributed by atoms with E-state index in [2.05, 4.69) is 12.2 Å². The summed E-state index contributed by atoms with van der Waals surface area (Å²) in [5.41, 5.74) is 0.883. The molecule has 0 aromatic heterocycles. The van der Waals surface area contributed by atoms with Gasteiger partial charge in [-0.05, 0) is 37.0 Å². The molecule has 0 spiro atoms. The van der Waals surface area contributed by atoms with Crippen LogP contribution in [0.4, 0.5) is 10.1 Å². The van der Waals surface area contributed by atoms with Crippen molar-refractivity contribution in [2.75, 3.05) is 5.32 Å². The molecule has 3 heteroatoms. The Labute approximate surface area is 101 Å². The molecule has 2 rings (SSSR count). The normalized spacial score (nSPS) is 24.1. The standard InChI is InChI=1S/C14H17FN2/c1-10-3-2-4-12(7-10)17-13-6-5-11(9-16)14(15)8-13/h5-6,8,10,12,17H,2-4,7H2,1H3. The van der Waals surface area contributed by atoms with Crippen molar-refractivity contribution in [2.45, 2.75) is 38.6 Å². The maximum Gasteiger partial charge on any atom is 0.143 e. The van der Waals surface area contributed by atoms with Crippen molar-refractivity contribution in [3.05, 3.63) is 29.6 Å². The fourth-order valence-electron chi connectivity index (χ4n) is 2.50. The van der Waals surface area contributed by atoms with E-state index in [4.69, 9.17) is 5.26 Å². The zero-order valence-electron chi connectivity index (χ0n) is 10.0. The van der Waals surface area contributed by atoms with Crippen molar-refractivity contribution in [3.8, 4) is 6.07 Å². The molecule has 1 N–H and O–H groups in total. The molecule has 1 aliphatic rings. The second-order valence-electron chi connectivity index (χ2n) is 4.92. The van der Waals surface area contributed by atoms with Gasteiger partial charge in [0.2, 0.25) is 0 Å². The van der Waals surface area contributed by atoms with Crippen LogP contribution in [0.5, 0.6) is 0 Å². The van der Waals surface area contributed by atoms with E-state index in [0.29, 0.717) is 6.04 Å². The molecule has 0 radical (unpaired) electrons. The molecule has 2 nitrogen and oxygen atoms in total. The van der Waals surface area contributed by atoms with Gasteiger partial charge < -0.3 is 5.32 Å². The lowest BCUT2D eigenvalue weighted by Gasteiger charge is -2.28. The van der Waals surface area contributed by atoms with Gasteiger partial charge in [-0.25, -0.2) is 4.39 Å². The Bertz CT molecular complexity index is 436. The molecule has 90 valence electrons. The van der Waals surface area contributed by atoms with E-state index in [9.17, 15) is 4.39 Å². The van der Waals surface area contributed by atoms with Gasteiger partial charge >= 0.3 is 0 Å². The van der Waals surface area contributed by atoms with Crippen molar-refractivity contribution >= 4 is 5.69 Å². The van der Waals surface area contributed by atoms with E-state index < -0.39 is 5.82 Å². The third kappa shape index (κ3) is 2.97. The summed E-state index contributed by atoms with van der Waals surface area (Å²) in [4.78, 5) is 0. The Morgan fingerprint density at radius 2 is 2.24 bits per heavy atom. The van der Waals surface area contributed by atoms with Gasteiger partial charge in [0.05, 0.1) is 5.56 Å². The van der Waals surface area contributed by atoms with Crippen LogP contribution in [0.1, 0.15) is 38.2 Å². The molecule has 0 amide bonds. The maximum atomic E-state index is 13.4. The van der Waals surface area contributed by atoms with Gasteiger partial charge in [-0.15, -0.1) is 0 Å². The highest BCUT2D eigenvalue weighted by atomic mass is 19.1. The fourth-order valence-corrected chi connectivity index (χ4v) is 2.50. The van der Waals surface area contributed by atoms with E-state index in [0.717, 1.165) is 24.4 Å². The monoisotopic (exact) mass is 232 g/mol. The Kier molecular flexibility index (Phi) is 3.63. The average Bonchev–Trinajstić information content (AvgIpc) is 2.29. The SMILES string of the molecule is CC1CCCC(Nc2ccc(C#N)c(F)c2)C1. The number of nitriles is 1. The van der Waals surface area contributed by atoms with Gasteiger partial charge in [-0.2, -0.15) is 5.26 Å². The summed E-state index contributed by atoms with van der Waals surface area (Å²) < 4.78 is 13.4. The van der Waals surface area contributed by atoms with Gasteiger partial charge in [0.1, 0.15) is 11.9 Å². The first-order chi connectivity index (χ1) is 8.19. The summed E-state index contributed by atoms with van der Waals surface area (Å²) in [6, 6.07) is 6.99. The van der Waals surface area contributed by atoms with E-state index >= 15 is 0 Å². The van der Waals surface area contributed by atoms with Crippen LogP contribution >= 0.6 is 0 Å². The summed E-state index contributed by atoms with van der Waals surface area (Å²) in [6.07, 6.45) is 4.81. The molecule has 1 aromatic rings. The van der Waals surface area contributed by atoms with Crippen molar-refractivity contribution < 1.29 is 4.39 Å². The van der Waals surface area contributed by atoms with E-state index in [1.54, 1.807) is 6.07 Å². The average molecular weight is 232 g/mol. The summed E-state index contributed by atoms with van der Waals surface area (Å²) >= 11 is 0. The minimum Gasteiger partial charge on any atom is -0.382 e. The molecule has 0 saturated heterocycles. The number of hydrogen-bond donors (Lipinski definition) is 1. The van der Waals surface area contributed by atoms with Gasteiger partial charge in [-0.3, -0.25) is 0 Å². The van der Waals surface area contributed by atoms with Crippen LogP contribution < -0.4 is 5.32 Å². The first kappa shape index (κ1) is 11.9. The molecule has 1 saturated carbocycles. The van der Waals surface area contributed by atoms with Gasteiger partial charge in [0.25, 0.3) is 0 Å². The Morgan fingerprint density at radius 3 is 2.88 bits per heavy atom. The summed E-state index contributed by atoms with van der Waals surface area (Å²) in [5, 5.41) is 12.0. The van der Waals surface area contributed by atoms with Crippen molar-refractivity contribution in [1.29, 1.82) is 5.26 Å². The molecule has 0 bridgehead atoms. The van der Waals surface area contributed by atoms with E-state index in [1.165, 1.54) is 25.0 Å². The third-order valence-electron chi connectivity index (χ3n) is 3.40. The van der Waals surface area contributed by atoms with Crippen molar-refractivity contribution in [1.82, 2.24) is 0 Å². The quantitative estimate of drug-likeness (QED) is 0.844. The molecular weight excluding hydrogens is 215 g/mol. The van der Waals surface area contributed by atoms with Crippen LogP contribution in [0.2, 0.25) is 0 Å². The van der Waals surface area contributed by atoms with Crippen LogP contribution in [-0.2, 0) is 0 Å². The molecule has 2 atom stereocenters. The van der Waals surface area contributed by atoms with Gasteiger partial charge in [0, 0.05) is 11.7 Å². The van der Waals surface area contributed by atoms with Crippen molar-refractivity contribution in [3.63, 3.8) is 0 Å². The van der Waals surface area contributed by atoms with Crippen LogP contribution in [0.3, 0.4) is 0 Å². The molecule has 1 fully saturated rings. The predicted octanol–water partition coefficient (Wildman–Crippen LogP) is 3.69. The fraction of sp³-hybridized carbons (Fsp3) is 0.500. The minimum absolute atomic E-state index is 0.104. The lowest BCUT2D eigenvalue weighted by Crippen LogP contribution is -2.26.